The summed E-state index contributed by atoms with van der Waals surface area (Å²) >= 11 is 0. The molecule has 1 aromatic heterocycles. The lowest BCUT2D eigenvalue weighted by Crippen LogP contribution is -2.52. The van der Waals surface area contributed by atoms with E-state index in [9.17, 15) is 13.6 Å². The van der Waals surface area contributed by atoms with E-state index in [1.807, 2.05) is 6.07 Å². The van der Waals surface area contributed by atoms with E-state index in [0.717, 1.165) is 45.1 Å². The number of urea groups is 1. The molecule has 3 heterocycles. The summed E-state index contributed by atoms with van der Waals surface area (Å²) in [6.07, 6.45) is 2.09. The fourth-order valence-corrected chi connectivity index (χ4v) is 3.56. The van der Waals surface area contributed by atoms with Crippen LogP contribution in [0.2, 0.25) is 0 Å². The van der Waals surface area contributed by atoms with Crippen molar-refractivity contribution in [2.75, 3.05) is 76.9 Å². The molecule has 2 amide bonds. The molecule has 8 nitrogen and oxygen atoms in total. The number of hydrogen-bond donors (Lipinski definition) is 1. The van der Waals surface area contributed by atoms with E-state index in [-0.39, 0.29) is 12.6 Å². The van der Waals surface area contributed by atoms with Crippen molar-refractivity contribution in [3.8, 4) is 0 Å². The average Bonchev–Trinajstić information content (AvgIpc) is 2.72. The summed E-state index contributed by atoms with van der Waals surface area (Å²) in [6.45, 7) is 7.09. The SMILES string of the molecule is O=C(NCCCN1CCN(c2ncccn2)CC1)N1CCN(CC(F)F)CC1. The Morgan fingerprint density at radius 3 is 2.29 bits per heavy atom. The summed E-state index contributed by atoms with van der Waals surface area (Å²) < 4.78 is 24.8. The fraction of sp³-hybridized carbons (Fsp3) is 0.722. The molecule has 10 heteroatoms. The molecule has 0 spiro atoms. The lowest BCUT2D eigenvalue weighted by molar-refractivity contribution is 0.0636. The van der Waals surface area contributed by atoms with Crippen LogP contribution in [0.25, 0.3) is 0 Å². The van der Waals surface area contributed by atoms with Gasteiger partial charge in [-0.2, -0.15) is 0 Å². The summed E-state index contributed by atoms with van der Waals surface area (Å²) in [5.74, 6) is 0.781. The molecule has 0 aromatic carbocycles. The highest BCUT2D eigenvalue weighted by atomic mass is 19.3. The zero-order valence-electron chi connectivity index (χ0n) is 16.1. The Hall–Kier alpha value is -2.07. The minimum Gasteiger partial charge on any atom is -0.338 e. The number of carbonyl (C=O) groups excluding carboxylic acids is 1. The third kappa shape index (κ3) is 6.23. The number of nitrogens with one attached hydrogen (secondary N) is 1. The van der Waals surface area contributed by atoms with Gasteiger partial charge in [-0.25, -0.2) is 23.5 Å². The maximum Gasteiger partial charge on any atom is 0.317 e. The zero-order valence-corrected chi connectivity index (χ0v) is 16.1. The number of carbonyl (C=O) groups is 1. The van der Waals surface area contributed by atoms with Crippen LogP contribution in [0.5, 0.6) is 0 Å². The number of piperazine rings is 2. The van der Waals surface area contributed by atoms with E-state index < -0.39 is 6.43 Å². The third-order valence-corrected chi connectivity index (χ3v) is 5.19. The van der Waals surface area contributed by atoms with Gasteiger partial charge in [-0.1, -0.05) is 0 Å². The van der Waals surface area contributed by atoms with E-state index in [4.69, 9.17) is 0 Å². The van der Waals surface area contributed by atoms with Crippen molar-refractivity contribution in [2.45, 2.75) is 12.8 Å². The van der Waals surface area contributed by atoms with Crippen molar-refractivity contribution < 1.29 is 13.6 Å². The second-order valence-corrected chi connectivity index (χ2v) is 7.14. The summed E-state index contributed by atoms with van der Waals surface area (Å²) in [5, 5.41) is 2.95. The predicted molar refractivity (Wildman–Crippen MR) is 103 cm³/mol. The van der Waals surface area contributed by atoms with E-state index in [0.29, 0.717) is 32.7 Å². The maximum atomic E-state index is 12.4. The molecular formula is C18H29F2N7O. The molecule has 28 heavy (non-hydrogen) atoms. The topological polar surface area (TPSA) is 67.8 Å². The molecule has 0 atom stereocenters. The maximum absolute atomic E-state index is 12.4. The monoisotopic (exact) mass is 397 g/mol. The van der Waals surface area contributed by atoms with Crippen LogP contribution in [0, 0.1) is 0 Å². The standard InChI is InChI=1S/C18H29F2N7O/c19-16(20)15-25-9-13-27(14-10-25)18(28)23-5-2-6-24-7-11-26(12-8-24)17-21-3-1-4-22-17/h1,3-4,16H,2,5-15H2,(H,23,28). The molecule has 0 saturated carbocycles. The van der Waals surface area contributed by atoms with Crippen LogP contribution in [-0.4, -0.2) is 109 Å². The Balaban J connectivity index is 1.26. The first-order valence-electron chi connectivity index (χ1n) is 9.89. The number of amides is 2. The zero-order chi connectivity index (χ0) is 19.8. The molecule has 156 valence electrons. The van der Waals surface area contributed by atoms with Crippen molar-refractivity contribution in [1.82, 2.24) is 30.0 Å². The van der Waals surface area contributed by atoms with Crippen LogP contribution < -0.4 is 10.2 Å². The van der Waals surface area contributed by atoms with Gasteiger partial charge < -0.3 is 15.1 Å². The van der Waals surface area contributed by atoms with Gasteiger partial charge in [-0.3, -0.25) is 9.80 Å². The fourth-order valence-electron chi connectivity index (χ4n) is 3.56. The molecule has 2 aliphatic rings. The Morgan fingerprint density at radius 2 is 1.64 bits per heavy atom. The molecule has 2 aliphatic heterocycles. The number of halogens is 2. The third-order valence-electron chi connectivity index (χ3n) is 5.19. The van der Waals surface area contributed by atoms with Gasteiger partial charge in [0.1, 0.15) is 0 Å². The normalized spacial score (nSPS) is 19.2. The van der Waals surface area contributed by atoms with Crippen LogP contribution in [0.3, 0.4) is 0 Å². The van der Waals surface area contributed by atoms with Crippen molar-refractivity contribution >= 4 is 12.0 Å². The number of hydrogen-bond acceptors (Lipinski definition) is 6. The number of aromatic nitrogens is 2. The van der Waals surface area contributed by atoms with Crippen molar-refractivity contribution in [3.05, 3.63) is 18.5 Å². The second kappa shape index (κ2) is 10.5. The Kier molecular flexibility index (Phi) is 7.72. The van der Waals surface area contributed by atoms with Crippen molar-refractivity contribution in [2.24, 2.45) is 0 Å². The Morgan fingerprint density at radius 1 is 1.00 bits per heavy atom. The molecule has 1 aromatic rings. The first-order valence-corrected chi connectivity index (χ1v) is 9.89. The molecule has 0 bridgehead atoms. The lowest BCUT2D eigenvalue weighted by atomic mass is 10.3. The van der Waals surface area contributed by atoms with Crippen LogP contribution >= 0.6 is 0 Å². The summed E-state index contributed by atoms with van der Waals surface area (Å²) in [4.78, 5) is 28.8. The van der Waals surface area contributed by atoms with E-state index >= 15 is 0 Å². The minimum absolute atomic E-state index is 0.0947. The Labute approximate surface area is 164 Å². The van der Waals surface area contributed by atoms with Gasteiger partial charge in [0, 0.05) is 71.3 Å². The number of rotatable bonds is 7. The molecule has 3 rings (SSSR count). The van der Waals surface area contributed by atoms with Gasteiger partial charge in [-0.15, -0.1) is 0 Å². The van der Waals surface area contributed by atoms with E-state index in [1.54, 1.807) is 22.2 Å². The highest BCUT2D eigenvalue weighted by Crippen LogP contribution is 2.10. The molecule has 2 saturated heterocycles. The van der Waals surface area contributed by atoms with Gasteiger partial charge in [0.2, 0.25) is 5.95 Å². The summed E-state index contributed by atoms with van der Waals surface area (Å²) in [5.41, 5.74) is 0. The minimum atomic E-state index is -2.32. The smallest absolute Gasteiger partial charge is 0.317 e. The van der Waals surface area contributed by atoms with Crippen LogP contribution in [-0.2, 0) is 0 Å². The molecule has 0 aliphatic carbocycles. The van der Waals surface area contributed by atoms with E-state index in [2.05, 4.69) is 25.1 Å². The Bertz CT molecular complexity index is 591. The van der Waals surface area contributed by atoms with Crippen molar-refractivity contribution in [3.63, 3.8) is 0 Å². The number of alkyl halides is 2. The van der Waals surface area contributed by atoms with Crippen LogP contribution in [0.4, 0.5) is 19.5 Å². The van der Waals surface area contributed by atoms with E-state index in [1.165, 1.54) is 0 Å². The van der Waals surface area contributed by atoms with Gasteiger partial charge in [0.05, 0.1) is 6.54 Å². The van der Waals surface area contributed by atoms with Crippen molar-refractivity contribution in [1.29, 1.82) is 0 Å². The van der Waals surface area contributed by atoms with Gasteiger partial charge in [-0.05, 0) is 19.0 Å². The summed E-state index contributed by atoms with van der Waals surface area (Å²) in [7, 11) is 0. The summed E-state index contributed by atoms with van der Waals surface area (Å²) in [6, 6.07) is 1.72. The molecule has 2 fully saturated rings. The number of anilines is 1. The van der Waals surface area contributed by atoms with Crippen LogP contribution in [0.1, 0.15) is 6.42 Å². The largest absolute Gasteiger partial charge is 0.338 e. The second-order valence-electron chi connectivity index (χ2n) is 7.14. The average molecular weight is 397 g/mol. The highest BCUT2D eigenvalue weighted by molar-refractivity contribution is 5.74. The molecule has 0 unspecified atom stereocenters. The first kappa shape index (κ1) is 20.7. The quantitative estimate of drug-likeness (QED) is 0.679. The van der Waals surface area contributed by atoms with Gasteiger partial charge in [0.25, 0.3) is 6.43 Å². The molecule has 1 N–H and O–H groups in total. The van der Waals surface area contributed by atoms with Gasteiger partial charge in [0.15, 0.2) is 0 Å². The molecule has 0 radical (unpaired) electrons. The van der Waals surface area contributed by atoms with Crippen LogP contribution in [0.15, 0.2) is 18.5 Å². The highest BCUT2D eigenvalue weighted by Gasteiger charge is 2.23. The van der Waals surface area contributed by atoms with Gasteiger partial charge >= 0.3 is 6.03 Å². The number of nitrogens with zero attached hydrogens (tertiary/aromatic N) is 6. The molecular weight excluding hydrogens is 368 g/mol. The lowest BCUT2D eigenvalue weighted by Gasteiger charge is -2.35. The first-order chi connectivity index (χ1) is 13.6. The predicted octanol–water partition coefficient (Wildman–Crippen LogP) is 0.581.